The molecule has 1 aliphatic rings. The van der Waals surface area contributed by atoms with Gasteiger partial charge in [0.2, 0.25) is 0 Å². The molecular formula is C33H39N3O6. The highest BCUT2D eigenvalue weighted by Gasteiger charge is 2.33. The lowest BCUT2D eigenvalue weighted by Gasteiger charge is -2.37. The average Bonchev–Trinajstić information content (AvgIpc) is 3.01. The maximum absolute atomic E-state index is 12.9. The quantitative estimate of drug-likeness (QED) is 0.212. The number of ether oxygens (including phenoxy) is 3. The number of hydrogen-bond acceptors (Lipinski definition) is 7. The summed E-state index contributed by atoms with van der Waals surface area (Å²) in [5, 5.41) is 15.0. The molecule has 0 saturated carbocycles. The van der Waals surface area contributed by atoms with E-state index < -0.39 is 24.3 Å². The maximum Gasteiger partial charge on any atom is 0.328 e. The number of urea groups is 1. The van der Waals surface area contributed by atoms with Crippen LogP contribution in [0.3, 0.4) is 0 Å². The van der Waals surface area contributed by atoms with Crippen LogP contribution in [0.2, 0.25) is 0 Å². The van der Waals surface area contributed by atoms with Crippen LogP contribution in [0.15, 0.2) is 91.5 Å². The summed E-state index contributed by atoms with van der Waals surface area (Å²) < 4.78 is 17.7. The molecule has 42 heavy (non-hydrogen) atoms. The predicted octanol–water partition coefficient (Wildman–Crippen LogP) is 4.75. The number of amides is 2. The van der Waals surface area contributed by atoms with Gasteiger partial charge in [0, 0.05) is 37.2 Å². The van der Waals surface area contributed by atoms with E-state index in [9.17, 15) is 14.7 Å². The second kappa shape index (κ2) is 15.3. The van der Waals surface area contributed by atoms with Crippen molar-refractivity contribution in [2.24, 2.45) is 0 Å². The Hall–Kier alpha value is -4.02. The number of methoxy groups -OCH3 is 1. The van der Waals surface area contributed by atoms with Gasteiger partial charge in [0.05, 0.1) is 25.9 Å². The normalized spacial score (nSPS) is 19.1. The lowest BCUT2D eigenvalue weighted by atomic mass is 9.99. The molecule has 0 aliphatic carbocycles. The summed E-state index contributed by atoms with van der Waals surface area (Å²) in [6.07, 6.45) is 1.80. The van der Waals surface area contributed by atoms with Crippen LogP contribution in [0.4, 0.5) is 10.5 Å². The number of nitrogens with one attached hydrogen (secondary N) is 2. The number of aliphatic hydroxyl groups is 1. The van der Waals surface area contributed by atoms with Gasteiger partial charge in [-0.05, 0) is 35.9 Å². The molecule has 4 rings (SSSR count). The van der Waals surface area contributed by atoms with E-state index in [-0.39, 0.29) is 18.8 Å². The number of aliphatic hydroxyl groups excluding tert-OH is 1. The van der Waals surface area contributed by atoms with Crippen molar-refractivity contribution in [1.29, 1.82) is 0 Å². The summed E-state index contributed by atoms with van der Waals surface area (Å²) in [5.41, 5.74) is 4.00. The van der Waals surface area contributed by atoms with E-state index in [1.54, 1.807) is 12.1 Å². The number of anilines is 1. The van der Waals surface area contributed by atoms with E-state index in [4.69, 9.17) is 14.2 Å². The lowest BCUT2D eigenvalue weighted by Crippen LogP contribution is -2.45. The molecule has 1 saturated heterocycles. The van der Waals surface area contributed by atoms with Crippen molar-refractivity contribution in [3.05, 3.63) is 114 Å². The van der Waals surface area contributed by atoms with Crippen molar-refractivity contribution >= 4 is 17.7 Å². The van der Waals surface area contributed by atoms with Crippen molar-refractivity contribution in [2.75, 3.05) is 32.6 Å². The fourth-order valence-corrected chi connectivity index (χ4v) is 4.95. The van der Waals surface area contributed by atoms with Crippen LogP contribution >= 0.6 is 0 Å². The third kappa shape index (κ3) is 8.74. The van der Waals surface area contributed by atoms with E-state index in [0.717, 1.165) is 28.8 Å². The van der Waals surface area contributed by atoms with Crippen molar-refractivity contribution in [3.63, 3.8) is 0 Å². The minimum atomic E-state index is -0.850. The second-order valence-electron chi connectivity index (χ2n) is 10.3. The Morgan fingerprint density at radius 3 is 2.50 bits per heavy atom. The Morgan fingerprint density at radius 2 is 1.81 bits per heavy atom. The van der Waals surface area contributed by atoms with Gasteiger partial charge in [0.15, 0.2) is 6.29 Å². The Bertz CT molecular complexity index is 1320. The van der Waals surface area contributed by atoms with Crippen LogP contribution < -0.4 is 10.6 Å². The minimum Gasteiger partial charge on any atom is -0.467 e. The molecule has 1 heterocycles. The van der Waals surface area contributed by atoms with Crippen molar-refractivity contribution < 1.29 is 28.9 Å². The fraction of sp³-hybridized carbons (Fsp3) is 0.333. The molecule has 9 nitrogen and oxygen atoms in total. The summed E-state index contributed by atoms with van der Waals surface area (Å²) in [4.78, 5) is 27.4. The summed E-state index contributed by atoms with van der Waals surface area (Å²) in [5.74, 6) is -0.530. The van der Waals surface area contributed by atoms with Crippen molar-refractivity contribution in [2.45, 2.75) is 44.0 Å². The zero-order valence-corrected chi connectivity index (χ0v) is 24.1. The zero-order chi connectivity index (χ0) is 29.9. The second-order valence-corrected chi connectivity index (χ2v) is 10.3. The number of benzene rings is 3. The van der Waals surface area contributed by atoms with E-state index >= 15 is 0 Å². The third-order valence-corrected chi connectivity index (χ3v) is 7.06. The first-order chi connectivity index (χ1) is 20.4. The van der Waals surface area contributed by atoms with Crippen LogP contribution in [0.5, 0.6) is 0 Å². The highest BCUT2D eigenvalue weighted by molar-refractivity contribution is 5.92. The Labute approximate surface area is 247 Å². The van der Waals surface area contributed by atoms with Crippen molar-refractivity contribution in [1.82, 2.24) is 10.2 Å². The van der Waals surface area contributed by atoms with Gasteiger partial charge in [0.1, 0.15) is 6.04 Å². The number of carbonyl (C=O) groups excluding carboxylic acids is 2. The van der Waals surface area contributed by atoms with Crippen LogP contribution in [0.25, 0.3) is 0 Å². The molecule has 0 spiro atoms. The first kappa shape index (κ1) is 30.9. The molecule has 0 bridgehead atoms. The first-order valence-corrected chi connectivity index (χ1v) is 14.0. The van der Waals surface area contributed by atoms with Gasteiger partial charge >= 0.3 is 12.0 Å². The molecule has 1 aliphatic heterocycles. The number of nitrogens with zero attached hydrogens (tertiary/aromatic N) is 1. The number of likely N-dealkylation sites (N-methyl/N-ethyl adjacent to an activating group) is 1. The molecule has 2 amide bonds. The van der Waals surface area contributed by atoms with Gasteiger partial charge < -0.3 is 34.9 Å². The Balaban J connectivity index is 1.48. The molecule has 3 aromatic rings. The number of esters is 1. The number of hydrogen-bond donors (Lipinski definition) is 3. The predicted molar refractivity (Wildman–Crippen MR) is 161 cm³/mol. The number of rotatable bonds is 12. The Morgan fingerprint density at radius 1 is 1.05 bits per heavy atom. The minimum absolute atomic E-state index is 0.0213. The average molecular weight is 574 g/mol. The van der Waals surface area contributed by atoms with Crippen LogP contribution in [-0.2, 0) is 32.0 Å². The monoisotopic (exact) mass is 573 g/mol. The van der Waals surface area contributed by atoms with Gasteiger partial charge in [-0.25, -0.2) is 9.59 Å². The molecule has 3 N–H and O–H groups in total. The van der Waals surface area contributed by atoms with Crippen LogP contribution in [0.1, 0.15) is 41.1 Å². The van der Waals surface area contributed by atoms with Gasteiger partial charge in [0.25, 0.3) is 0 Å². The molecule has 0 unspecified atom stereocenters. The first-order valence-electron chi connectivity index (χ1n) is 14.0. The number of carbonyl (C=O) groups is 2. The van der Waals surface area contributed by atoms with Gasteiger partial charge in [-0.1, -0.05) is 72.8 Å². The van der Waals surface area contributed by atoms with E-state index in [1.165, 1.54) is 7.11 Å². The smallest absolute Gasteiger partial charge is 0.328 e. The van der Waals surface area contributed by atoms with Gasteiger partial charge in [-0.15, -0.1) is 6.58 Å². The van der Waals surface area contributed by atoms with E-state index in [0.29, 0.717) is 25.1 Å². The van der Waals surface area contributed by atoms with E-state index in [1.807, 2.05) is 79.9 Å². The lowest BCUT2D eigenvalue weighted by molar-refractivity contribution is -0.252. The highest BCUT2D eigenvalue weighted by Crippen LogP contribution is 2.38. The van der Waals surface area contributed by atoms with Crippen molar-refractivity contribution in [3.8, 4) is 0 Å². The summed E-state index contributed by atoms with van der Waals surface area (Å²) in [6, 6.07) is 23.0. The topological polar surface area (TPSA) is 109 Å². The van der Waals surface area contributed by atoms with E-state index in [2.05, 4.69) is 22.1 Å². The summed E-state index contributed by atoms with van der Waals surface area (Å²) in [6.45, 7) is 5.22. The SMILES string of the molecule is C=CCN(C)C[C@H]1C[C@@H](c2ccc(CO)cc2)O[C@@H](c2cccc(NC(=O)N[C@@H](Cc3ccccc3)C(=O)OC)c2)O1. The third-order valence-electron chi connectivity index (χ3n) is 7.06. The standard InChI is InChI=1S/C33H39N3O6/c1-4-17-36(2)21-28-20-30(25-15-13-24(22-37)14-16-25)42-32(41-28)26-11-8-12-27(19-26)34-33(39)35-29(31(38)40-3)18-23-9-6-5-7-10-23/h4-16,19,28-30,32,37H,1,17-18,20-22H2,2-3H3,(H2,34,35,39)/t28-,29+,30+,32+/m1/s1. The largest absolute Gasteiger partial charge is 0.467 e. The molecular weight excluding hydrogens is 534 g/mol. The van der Waals surface area contributed by atoms with Crippen LogP contribution in [0, 0.1) is 0 Å². The summed E-state index contributed by atoms with van der Waals surface area (Å²) in [7, 11) is 3.31. The molecule has 0 aromatic heterocycles. The summed E-state index contributed by atoms with van der Waals surface area (Å²) >= 11 is 0. The molecule has 0 radical (unpaired) electrons. The molecule has 9 heteroatoms. The van der Waals surface area contributed by atoms with Gasteiger partial charge in [-0.3, -0.25) is 0 Å². The van der Waals surface area contributed by atoms with Gasteiger partial charge in [-0.2, -0.15) is 0 Å². The Kier molecular flexibility index (Phi) is 11.2. The molecule has 4 atom stereocenters. The maximum atomic E-state index is 12.9. The zero-order valence-electron chi connectivity index (χ0n) is 24.1. The molecule has 3 aromatic carbocycles. The molecule has 222 valence electrons. The molecule has 1 fully saturated rings. The fourth-order valence-electron chi connectivity index (χ4n) is 4.95. The van der Waals surface area contributed by atoms with Crippen LogP contribution in [-0.4, -0.2) is 61.4 Å². The highest BCUT2D eigenvalue weighted by atomic mass is 16.7.